The molecule has 2 heterocycles. The Morgan fingerprint density at radius 2 is 2.05 bits per heavy atom. The second-order valence-corrected chi connectivity index (χ2v) is 6.17. The Balaban J connectivity index is 2.16. The number of rotatable bonds is 7. The summed E-state index contributed by atoms with van der Waals surface area (Å²) in [4.78, 5) is 7.01. The summed E-state index contributed by atoms with van der Waals surface area (Å²) in [6.45, 7) is 9.86. The van der Waals surface area contributed by atoms with Crippen LogP contribution in [0.15, 0.2) is 6.33 Å². The quantitative estimate of drug-likeness (QED) is 0.586. The number of nitrogens with one attached hydrogen (secondary N) is 1. The number of aromatic nitrogens is 3. The lowest BCUT2D eigenvalue weighted by molar-refractivity contribution is 0.0420. The van der Waals surface area contributed by atoms with E-state index in [4.69, 9.17) is 5.84 Å². The van der Waals surface area contributed by atoms with Crippen molar-refractivity contribution in [3.8, 4) is 0 Å². The fourth-order valence-corrected chi connectivity index (χ4v) is 3.45. The molecule has 2 atom stereocenters. The van der Waals surface area contributed by atoms with Crippen molar-refractivity contribution in [1.82, 2.24) is 25.1 Å². The van der Waals surface area contributed by atoms with Crippen LogP contribution in [0, 0.1) is 0 Å². The summed E-state index contributed by atoms with van der Waals surface area (Å²) in [5.74, 6) is 6.93. The van der Waals surface area contributed by atoms with Gasteiger partial charge in [0.2, 0.25) is 0 Å². The van der Waals surface area contributed by atoms with Gasteiger partial charge in [0.05, 0.1) is 0 Å². The fourth-order valence-electron chi connectivity index (χ4n) is 3.45. The van der Waals surface area contributed by atoms with E-state index in [1.54, 1.807) is 6.33 Å². The third-order valence-electron chi connectivity index (χ3n) is 5.13. The highest BCUT2D eigenvalue weighted by atomic mass is 15.3. The molecule has 0 aromatic carbocycles. The van der Waals surface area contributed by atoms with Crippen molar-refractivity contribution < 1.29 is 0 Å². The van der Waals surface area contributed by atoms with Crippen molar-refractivity contribution in [2.45, 2.75) is 71.0 Å². The molecule has 6 heteroatoms. The van der Waals surface area contributed by atoms with Crippen molar-refractivity contribution in [3.05, 3.63) is 12.2 Å². The molecule has 0 radical (unpaired) electrons. The molecule has 0 aliphatic carbocycles. The summed E-state index contributed by atoms with van der Waals surface area (Å²) in [5.41, 5.74) is 3.11. The average molecular weight is 294 g/mol. The molecule has 1 saturated heterocycles. The molecule has 1 aromatic heterocycles. The van der Waals surface area contributed by atoms with Crippen molar-refractivity contribution in [1.29, 1.82) is 0 Å². The maximum Gasteiger partial charge on any atom is 0.138 e. The van der Waals surface area contributed by atoms with Crippen LogP contribution in [-0.4, -0.2) is 44.3 Å². The first-order chi connectivity index (χ1) is 10.2. The highest BCUT2D eigenvalue weighted by Crippen LogP contribution is 2.28. The van der Waals surface area contributed by atoms with E-state index in [9.17, 15) is 0 Å². The summed E-state index contributed by atoms with van der Waals surface area (Å²) in [6.07, 6.45) is 7.45. The molecule has 1 aliphatic heterocycles. The third kappa shape index (κ3) is 3.44. The number of likely N-dealkylation sites (tertiary alicyclic amines) is 1. The number of nitrogens with two attached hydrogens (primary N) is 1. The number of aryl methyl sites for hydroxylation is 1. The zero-order valence-electron chi connectivity index (χ0n) is 13.7. The van der Waals surface area contributed by atoms with Crippen molar-refractivity contribution in [2.75, 3.05) is 13.1 Å². The lowest BCUT2D eigenvalue weighted by atomic mass is 9.84. The van der Waals surface area contributed by atoms with E-state index in [1.807, 2.05) is 4.68 Å². The van der Waals surface area contributed by atoms with Crippen LogP contribution >= 0.6 is 0 Å². The van der Waals surface area contributed by atoms with E-state index in [2.05, 4.69) is 41.2 Å². The van der Waals surface area contributed by atoms with E-state index in [1.165, 1.54) is 32.4 Å². The lowest BCUT2D eigenvalue weighted by Crippen LogP contribution is -2.62. The fraction of sp³-hybridized carbons (Fsp3) is 0.867. The molecular weight excluding hydrogens is 264 g/mol. The Labute approximate surface area is 128 Å². The van der Waals surface area contributed by atoms with E-state index in [-0.39, 0.29) is 11.6 Å². The van der Waals surface area contributed by atoms with Gasteiger partial charge in [-0.15, -0.1) is 0 Å². The Kier molecular flexibility index (Phi) is 5.72. The predicted molar refractivity (Wildman–Crippen MR) is 84.6 cm³/mol. The topological polar surface area (TPSA) is 72.0 Å². The molecule has 120 valence electrons. The molecule has 0 spiro atoms. The van der Waals surface area contributed by atoms with E-state index >= 15 is 0 Å². The molecular formula is C15H30N6. The van der Waals surface area contributed by atoms with Crippen LogP contribution in [0.2, 0.25) is 0 Å². The lowest BCUT2D eigenvalue weighted by Gasteiger charge is -2.47. The maximum absolute atomic E-state index is 5.92. The first kappa shape index (κ1) is 16.4. The number of nitrogens with zero attached hydrogens (tertiary/aromatic N) is 4. The summed E-state index contributed by atoms with van der Waals surface area (Å²) in [6, 6.07) is 0.176. The average Bonchev–Trinajstić information content (AvgIpc) is 3.00. The predicted octanol–water partition coefficient (Wildman–Crippen LogP) is 1.33. The van der Waals surface area contributed by atoms with Crippen molar-refractivity contribution in [2.24, 2.45) is 5.84 Å². The highest BCUT2D eigenvalue weighted by Gasteiger charge is 2.38. The number of hydrogen-bond acceptors (Lipinski definition) is 5. The maximum atomic E-state index is 5.92. The van der Waals surface area contributed by atoms with Crippen LogP contribution in [0.1, 0.15) is 52.3 Å². The normalized spacial score (nSPS) is 21.1. The van der Waals surface area contributed by atoms with Gasteiger partial charge in [-0.25, -0.2) is 4.98 Å². The Hall–Kier alpha value is -0.980. The monoisotopic (exact) mass is 294 g/mol. The molecule has 3 N–H and O–H groups in total. The summed E-state index contributed by atoms with van der Waals surface area (Å²) >= 11 is 0. The largest absolute Gasteiger partial charge is 0.296 e. The molecule has 2 rings (SSSR count). The molecule has 1 aromatic rings. The number of hydrazine groups is 1. The molecule has 0 amide bonds. The smallest absolute Gasteiger partial charge is 0.138 e. The minimum absolute atomic E-state index is 0.0552. The highest BCUT2D eigenvalue weighted by molar-refractivity contribution is 5.02. The Morgan fingerprint density at radius 3 is 2.62 bits per heavy atom. The van der Waals surface area contributed by atoms with Gasteiger partial charge in [-0.1, -0.05) is 13.3 Å². The van der Waals surface area contributed by atoms with Gasteiger partial charge in [0.1, 0.15) is 12.2 Å². The molecule has 1 aliphatic rings. The van der Waals surface area contributed by atoms with Gasteiger partial charge in [0.25, 0.3) is 0 Å². The van der Waals surface area contributed by atoms with E-state index < -0.39 is 0 Å². The van der Waals surface area contributed by atoms with E-state index in [0.29, 0.717) is 0 Å². The molecule has 6 nitrogen and oxygen atoms in total. The van der Waals surface area contributed by atoms with Gasteiger partial charge in [-0.2, -0.15) is 5.10 Å². The van der Waals surface area contributed by atoms with Gasteiger partial charge in [0, 0.05) is 24.5 Å². The summed E-state index contributed by atoms with van der Waals surface area (Å²) in [5, 5.41) is 4.27. The minimum Gasteiger partial charge on any atom is -0.296 e. The Bertz CT molecular complexity index is 426. The summed E-state index contributed by atoms with van der Waals surface area (Å²) < 4.78 is 1.95. The molecule has 0 bridgehead atoms. The standard InChI is InChI=1S/C15H30N6/c1-4-15(3,20-9-7-6-8-10-20)13(19-16)11-14-17-12-18-21(14)5-2/h12-13,19H,4-11,16H2,1-3H3. The van der Waals surface area contributed by atoms with Gasteiger partial charge in [-0.05, 0) is 46.2 Å². The second-order valence-electron chi connectivity index (χ2n) is 6.17. The minimum atomic E-state index is 0.0552. The Morgan fingerprint density at radius 1 is 1.33 bits per heavy atom. The molecule has 1 fully saturated rings. The number of piperidine rings is 1. The first-order valence-electron chi connectivity index (χ1n) is 8.23. The van der Waals surface area contributed by atoms with Crippen molar-refractivity contribution in [3.63, 3.8) is 0 Å². The van der Waals surface area contributed by atoms with Gasteiger partial charge in [0.15, 0.2) is 0 Å². The van der Waals surface area contributed by atoms with E-state index in [0.717, 1.165) is 25.2 Å². The van der Waals surface area contributed by atoms with Crippen LogP contribution in [0.3, 0.4) is 0 Å². The van der Waals surface area contributed by atoms with Crippen LogP contribution in [0.25, 0.3) is 0 Å². The van der Waals surface area contributed by atoms with Crippen LogP contribution in [0.5, 0.6) is 0 Å². The van der Waals surface area contributed by atoms with Crippen LogP contribution in [0.4, 0.5) is 0 Å². The van der Waals surface area contributed by atoms with Crippen molar-refractivity contribution >= 4 is 0 Å². The second kappa shape index (κ2) is 7.33. The zero-order chi connectivity index (χ0) is 15.3. The van der Waals surface area contributed by atoms with Gasteiger partial charge < -0.3 is 0 Å². The molecule has 2 unspecified atom stereocenters. The SMILES string of the molecule is CCn1ncnc1CC(NN)C(C)(CC)N1CCCCC1. The van der Waals surface area contributed by atoms with Gasteiger partial charge in [-0.3, -0.25) is 20.9 Å². The molecule has 0 saturated carbocycles. The zero-order valence-corrected chi connectivity index (χ0v) is 13.7. The molecule has 21 heavy (non-hydrogen) atoms. The van der Waals surface area contributed by atoms with Gasteiger partial charge >= 0.3 is 0 Å². The first-order valence-corrected chi connectivity index (χ1v) is 8.23. The number of hydrogen-bond donors (Lipinski definition) is 2. The summed E-state index contributed by atoms with van der Waals surface area (Å²) in [7, 11) is 0. The van der Waals surface area contributed by atoms with Crippen LogP contribution in [-0.2, 0) is 13.0 Å². The van der Waals surface area contributed by atoms with Crippen LogP contribution < -0.4 is 11.3 Å². The third-order valence-corrected chi connectivity index (χ3v) is 5.13.